The molecule has 0 atom stereocenters. The van der Waals surface area contributed by atoms with Crippen LogP contribution < -0.4 is 0 Å². The van der Waals surface area contributed by atoms with E-state index in [-0.39, 0.29) is 0 Å². The van der Waals surface area contributed by atoms with Crippen LogP contribution in [0.1, 0.15) is 21.8 Å². The zero-order chi connectivity index (χ0) is 14.8. The van der Waals surface area contributed by atoms with Crippen molar-refractivity contribution in [1.29, 1.82) is 5.26 Å². The van der Waals surface area contributed by atoms with Crippen molar-refractivity contribution in [3.63, 3.8) is 0 Å². The fourth-order valence-corrected chi connectivity index (χ4v) is 3.00. The van der Waals surface area contributed by atoms with Gasteiger partial charge in [0.1, 0.15) is 6.07 Å². The van der Waals surface area contributed by atoms with Gasteiger partial charge in [0.15, 0.2) is 5.69 Å². The largest absolute Gasteiger partial charge is 0.215 e. The number of nitriles is 1. The Kier molecular flexibility index (Phi) is 3.74. The van der Waals surface area contributed by atoms with Crippen molar-refractivity contribution in [1.82, 2.24) is 15.0 Å². The van der Waals surface area contributed by atoms with Crippen LogP contribution in [0.2, 0.25) is 5.02 Å². The van der Waals surface area contributed by atoms with Crippen LogP contribution in [0.25, 0.3) is 5.69 Å². The monoisotopic (exact) mass is 314 g/mol. The lowest BCUT2D eigenvalue weighted by Crippen LogP contribution is -2.05. The van der Waals surface area contributed by atoms with Crippen molar-refractivity contribution in [2.75, 3.05) is 0 Å². The zero-order valence-corrected chi connectivity index (χ0v) is 12.8. The van der Waals surface area contributed by atoms with Gasteiger partial charge in [0, 0.05) is 16.3 Å². The van der Waals surface area contributed by atoms with Gasteiger partial charge in [-0.2, -0.15) is 5.26 Å². The Bertz CT molecular complexity index is 815. The quantitative estimate of drug-likeness (QED) is 0.739. The summed E-state index contributed by atoms with van der Waals surface area (Å²) in [6, 6.07) is 11.7. The van der Waals surface area contributed by atoms with Crippen molar-refractivity contribution >= 4 is 22.9 Å². The van der Waals surface area contributed by atoms with Crippen molar-refractivity contribution in [3.05, 3.63) is 62.6 Å². The smallest absolute Gasteiger partial charge is 0.186 e. The summed E-state index contributed by atoms with van der Waals surface area (Å²) < 4.78 is 1.71. The molecule has 0 aliphatic rings. The number of hydrogen-bond donors (Lipinski definition) is 0. The Balaban J connectivity index is 2.13. The van der Waals surface area contributed by atoms with E-state index in [0.29, 0.717) is 17.1 Å². The third-order valence-electron chi connectivity index (χ3n) is 3.19. The second-order valence-electron chi connectivity index (χ2n) is 4.60. The molecule has 0 radical (unpaired) electrons. The molecule has 2 heterocycles. The lowest BCUT2D eigenvalue weighted by molar-refractivity contribution is 0.770. The number of nitrogens with zero attached hydrogens (tertiary/aromatic N) is 4. The Morgan fingerprint density at radius 1 is 1.38 bits per heavy atom. The Morgan fingerprint density at radius 2 is 2.24 bits per heavy atom. The minimum absolute atomic E-state index is 0.350. The molecule has 0 saturated heterocycles. The average Bonchev–Trinajstić information content (AvgIpc) is 3.12. The molecule has 3 rings (SSSR count). The summed E-state index contributed by atoms with van der Waals surface area (Å²) >= 11 is 7.73. The molecular weight excluding hydrogens is 304 g/mol. The van der Waals surface area contributed by atoms with Gasteiger partial charge >= 0.3 is 0 Å². The van der Waals surface area contributed by atoms with Crippen LogP contribution in [0.15, 0.2) is 35.7 Å². The van der Waals surface area contributed by atoms with E-state index in [1.165, 1.54) is 0 Å². The number of aromatic nitrogens is 3. The van der Waals surface area contributed by atoms with Gasteiger partial charge in [0.2, 0.25) is 0 Å². The highest BCUT2D eigenvalue weighted by molar-refractivity contribution is 7.09. The second-order valence-corrected chi connectivity index (χ2v) is 6.06. The van der Waals surface area contributed by atoms with Crippen molar-refractivity contribution in [2.24, 2.45) is 0 Å². The third kappa shape index (κ3) is 2.68. The zero-order valence-electron chi connectivity index (χ0n) is 11.2. The van der Waals surface area contributed by atoms with Gasteiger partial charge in [-0.15, -0.1) is 16.4 Å². The van der Waals surface area contributed by atoms with Gasteiger partial charge in [0.25, 0.3) is 0 Å². The van der Waals surface area contributed by atoms with E-state index in [0.717, 1.165) is 21.8 Å². The average molecular weight is 315 g/mol. The van der Waals surface area contributed by atoms with E-state index in [2.05, 4.69) is 16.4 Å². The molecule has 0 saturated carbocycles. The van der Waals surface area contributed by atoms with Crippen LogP contribution >= 0.6 is 22.9 Å². The number of hydrogen-bond acceptors (Lipinski definition) is 4. The molecule has 0 amide bonds. The van der Waals surface area contributed by atoms with Crippen LogP contribution in [0.3, 0.4) is 0 Å². The van der Waals surface area contributed by atoms with Gasteiger partial charge in [-0.1, -0.05) is 28.9 Å². The lowest BCUT2D eigenvalue weighted by Gasteiger charge is -2.09. The molecule has 21 heavy (non-hydrogen) atoms. The first-order chi connectivity index (χ1) is 10.2. The molecule has 1 aromatic carbocycles. The molecule has 0 spiro atoms. The maximum atomic E-state index is 9.24. The van der Waals surface area contributed by atoms with Gasteiger partial charge < -0.3 is 0 Å². The molecule has 6 heteroatoms. The lowest BCUT2D eigenvalue weighted by atomic mass is 10.1. The van der Waals surface area contributed by atoms with Gasteiger partial charge in [0.05, 0.1) is 11.4 Å². The number of thiophene rings is 1. The molecule has 0 unspecified atom stereocenters. The SMILES string of the molecule is Cc1ccc(Cl)cc1-n1nnc(C#N)c1Cc1cccs1. The summed E-state index contributed by atoms with van der Waals surface area (Å²) in [7, 11) is 0. The molecular formula is C15H11ClN4S. The van der Waals surface area contributed by atoms with E-state index in [1.54, 1.807) is 16.0 Å². The van der Waals surface area contributed by atoms with E-state index in [9.17, 15) is 5.26 Å². The Morgan fingerprint density at radius 3 is 2.95 bits per heavy atom. The van der Waals surface area contributed by atoms with Crippen LogP contribution in [0.4, 0.5) is 0 Å². The van der Waals surface area contributed by atoms with E-state index < -0.39 is 0 Å². The first-order valence-electron chi connectivity index (χ1n) is 6.32. The summed E-state index contributed by atoms with van der Waals surface area (Å²) in [5.41, 5.74) is 3.01. The Labute approximate surface area is 131 Å². The maximum absolute atomic E-state index is 9.24. The van der Waals surface area contributed by atoms with Crippen LogP contribution in [0.5, 0.6) is 0 Å². The highest BCUT2D eigenvalue weighted by Crippen LogP contribution is 2.23. The van der Waals surface area contributed by atoms with E-state index in [4.69, 9.17) is 11.6 Å². The summed E-state index contributed by atoms with van der Waals surface area (Å²) in [4.78, 5) is 1.16. The summed E-state index contributed by atoms with van der Waals surface area (Å²) in [6.45, 7) is 1.98. The first-order valence-corrected chi connectivity index (χ1v) is 7.58. The minimum atomic E-state index is 0.350. The van der Waals surface area contributed by atoms with Crippen LogP contribution in [-0.2, 0) is 6.42 Å². The summed E-state index contributed by atoms with van der Waals surface area (Å²) in [5.74, 6) is 0. The molecule has 0 bridgehead atoms. The van der Waals surface area contributed by atoms with Crippen molar-refractivity contribution in [2.45, 2.75) is 13.3 Å². The van der Waals surface area contributed by atoms with Crippen molar-refractivity contribution < 1.29 is 0 Å². The first kappa shape index (κ1) is 13.8. The summed E-state index contributed by atoms with van der Waals surface area (Å²) in [6.07, 6.45) is 0.625. The Hall–Kier alpha value is -2.16. The molecule has 2 aromatic heterocycles. The highest BCUT2D eigenvalue weighted by atomic mass is 35.5. The predicted octanol–water partition coefficient (Wildman–Crippen LogP) is 3.75. The third-order valence-corrected chi connectivity index (χ3v) is 4.30. The highest BCUT2D eigenvalue weighted by Gasteiger charge is 2.16. The molecule has 104 valence electrons. The molecule has 0 aliphatic carbocycles. The van der Waals surface area contributed by atoms with Crippen LogP contribution in [-0.4, -0.2) is 15.0 Å². The molecule has 0 N–H and O–H groups in total. The van der Waals surface area contributed by atoms with Crippen molar-refractivity contribution in [3.8, 4) is 11.8 Å². The standard InChI is InChI=1S/C15H11ClN4S/c1-10-4-5-11(16)7-14(10)20-15(13(9-17)18-19-20)8-12-3-2-6-21-12/h2-7H,8H2,1H3. The number of rotatable bonds is 3. The minimum Gasteiger partial charge on any atom is -0.215 e. The van der Waals surface area contributed by atoms with Gasteiger partial charge in [-0.3, -0.25) is 0 Å². The van der Waals surface area contributed by atoms with Gasteiger partial charge in [-0.25, -0.2) is 4.68 Å². The number of benzene rings is 1. The molecule has 3 aromatic rings. The van der Waals surface area contributed by atoms with E-state index >= 15 is 0 Å². The fraction of sp³-hybridized carbons (Fsp3) is 0.133. The van der Waals surface area contributed by atoms with E-state index in [1.807, 2.05) is 42.6 Å². The molecule has 0 aliphatic heterocycles. The van der Waals surface area contributed by atoms with Crippen LogP contribution in [0, 0.1) is 18.3 Å². The fourth-order valence-electron chi connectivity index (χ4n) is 2.13. The number of halogens is 1. The van der Waals surface area contributed by atoms with Gasteiger partial charge in [-0.05, 0) is 36.1 Å². The normalized spacial score (nSPS) is 10.5. The molecule has 0 fully saturated rings. The molecule has 4 nitrogen and oxygen atoms in total. The summed E-state index contributed by atoms with van der Waals surface area (Å²) in [5, 5.41) is 20.0. The predicted molar refractivity (Wildman–Crippen MR) is 82.9 cm³/mol. The number of aryl methyl sites for hydroxylation is 1. The second kappa shape index (κ2) is 5.68. The topological polar surface area (TPSA) is 54.5 Å². The maximum Gasteiger partial charge on any atom is 0.186 e.